The van der Waals surface area contributed by atoms with Gasteiger partial charge in [-0.2, -0.15) is 0 Å². The van der Waals surface area contributed by atoms with Gasteiger partial charge < -0.3 is 9.47 Å². The summed E-state index contributed by atoms with van der Waals surface area (Å²) in [5, 5.41) is 1.43. The van der Waals surface area contributed by atoms with Crippen LogP contribution in [-0.2, 0) is 0 Å². The van der Waals surface area contributed by atoms with Crippen molar-refractivity contribution >= 4 is 78.3 Å². The van der Waals surface area contributed by atoms with Crippen molar-refractivity contribution in [1.82, 2.24) is 0 Å². The Morgan fingerprint density at radius 3 is 1.75 bits per heavy atom. The van der Waals surface area contributed by atoms with Crippen LogP contribution in [0.25, 0.3) is 0 Å². The quantitative estimate of drug-likeness (QED) is 0.243. The molecule has 0 amide bonds. The normalized spacial score (nSPS) is 12.3. The van der Waals surface area contributed by atoms with Crippen molar-refractivity contribution in [2.24, 2.45) is 0 Å². The summed E-state index contributed by atoms with van der Waals surface area (Å²) in [7, 11) is 0. The average molecular weight is 480 g/mol. The second-order valence-corrected chi connectivity index (χ2v) is 6.99. The second-order valence-electron chi connectivity index (χ2n) is 3.83. The van der Waals surface area contributed by atoms with Crippen LogP contribution in [0.5, 0.6) is 23.0 Å². The maximum Gasteiger partial charge on any atom is 0.191 e. The molecule has 0 N–H and O–H groups in total. The molecule has 2 aromatic rings. The molecule has 8 heteroatoms. The summed E-state index contributed by atoms with van der Waals surface area (Å²) in [6.07, 6.45) is 0. The first kappa shape index (κ1) is 15.1. The van der Waals surface area contributed by atoms with E-state index in [2.05, 4.69) is 31.9 Å². The number of ether oxygens (including phenoxy) is 2. The molecule has 0 bridgehead atoms. The third-order valence-corrected chi connectivity index (χ3v) is 6.29. The summed E-state index contributed by atoms with van der Waals surface area (Å²) in [5.74, 6) is 1.59. The number of fused-ring (bicyclic) bond motifs is 2. The van der Waals surface area contributed by atoms with Crippen LogP contribution in [0.1, 0.15) is 0 Å². The SMILES string of the molecule is Clc1cc2c(cc1Cl)Oc1c(Br)c(Cl)c(Br)c(Cl)c1O2. The largest absolute Gasteiger partial charge is 0.448 e. The minimum Gasteiger partial charge on any atom is -0.448 e. The van der Waals surface area contributed by atoms with Gasteiger partial charge in [-0.15, -0.1) is 0 Å². The van der Waals surface area contributed by atoms with E-state index in [0.717, 1.165) is 0 Å². The lowest BCUT2D eigenvalue weighted by atomic mass is 10.2. The molecule has 0 atom stereocenters. The van der Waals surface area contributed by atoms with Crippen molar-refractivity contribution in [3.8, 4) is 23.0 Å². The predicted molar refractivity (Wildman–Crippen MR) is 88.5 cm³/mol. The van der Waals surface area contributed by atoms with Gasteiger partial charge in [0.15, 0.2) is 23.0 Å². The standard InChI is InChI=1S/C12H2Br2Cl4O2/c13-7-9(17)8(14)11-12(10(7)18)20-6-2-4(16)3(15)1-5(6)19-11/h1-2H. The summed E-state index contributed by atoms with van der Waals surface area (Å²) in [6, 6.07) is 3.13. The topological polar surface area (TPSA) is 18.5 Å². The highest BCUT2D eigenvalue weighted by Crippen LogP contribution is 2.57. The van der Waals surface area contributed by atoms with Gasteiger partial charge in [0.05, 0.1) is 24.0 Å². The Kier molecular flexibility index (Phi) is 4.08. The van der Waals surface area contributed by atoms with Crippen molar-refractivity contribution in [1.29, 1.82) is 0 Å². The Hall–Kier alpha value is 0.160. The number of rotatable bonds is 0. The summed E-state index contributed by atoms with van der Waals surface area (Å²) in [5.41, 5.74) is 0. The van der Waals surface area contributed by atoms with Crippen molar-refractivity contribution in [3.05, 3.63) is 41.2 Å². The third-order valence-electron chi connectivity index (χ3n) is 2.59. The van der Waals surface area contributed by atoms with E-state index in [1.165, 1.54) is 0 Å². The lowest BCUT2D eigenvalue weighted by molar-refractivity contribution is 0.358. The lowest BCUT2D eigenvalue weighted by Crippen LogP contribution is -2.01. The van der Waals surface area contributed by atoms with E-state index in [-0.39, 0.29) is 0 Å². The molecule has 2 nitrogen and oxygen atoms in total. The van der Waals surface area contributed by atoms with E-state index < -0.39 is 0 Å². The first-order valence-electron chi connectivity index (χ1n) is 5.11. The highest BCUT2D eigenvalue weighted by molar-refractivity contribution is 9.11. The van der Waals surface area contributed by atoms with Gasteiger partial charge in [-0.25, -0.2) is 0 Å². The van der Waals surface area contributed by atoms with E-state index >= 15 is 0 Å². The average Bonchev–Trinajstić information content (AvgIpc) is 2.43. The zero-order valence-electron chi connectivity index (χ0n) is 9.24. The van der Waals surface area contributed by atoms with Crippen molar-refractivity contribution in [2.45, 2.75) is 0 Å². The van der Waals surface area contributed by atoms with Gasteiger partial charge >= 0.3 is 0 Å². The molecule has 1 aliphatic heterocycles. The molecule has 0 saturated carbocycles. The molecular formula is C12H2Br2Cl4O2. The monoisotopic (exact) mass is 476 g/mol. The Morgan fingerprint density at radius 2 is 1.20 bits per heavy atom. The van der Waals surface area contributed by atoms with Crippen LogP contribution in [-0.4, -0.2) is 0 Å². The lowest BCUT2D eigenvalue weighted by Gasteiger charge is -2.24. The van der Waals surface area contributed by atoms with Gasteiger partial charge in [-0.1, -0.05) is 46.4 Å². The summed E-state index contributed by atoms with van der Waals surface area (Å²) < 4.78 is 12.5. The van der Waals surface area contributed by atoms with E-state index in [4.69, 9.17) is 55.9 Å². The fourth-order valence-electron chi connectivity index (χ4n) is 1.66. The maximum atomic E-state index is 6.21. The Morgan fingerprint density at radius 1 is 0.700 bits per heavy atom. The zero-order valence-corrected chi connectivity index (χ0v) is 15.4. The number of hydrogen-bond acceptors (Lipinski definition) is 2. The molecule has 0 unspecified atom stereocenters. The molecule has 3 rings (SSSR count). The Labute approximate surface area is 151 Å². The molecule has 1 aliphatic rings. The van der Waals surface area contributed by atoms with Crippen molar-refractivity contribution < 1.29 is 9.47 Å². The molecule has 2 aromatic carbocycles. The first-order chi connectivity index (χ1) is 9.40. The van der Waals surface area contributed by atoms with Gasteiger partial charge in [0, 0.05) is 12.1 Å². The summed E-state index contributed by atoms with van der Waals surface area (Å²) in [6.45, 7) is 0. The second kappa shape index (κ2) is 5.41. The molecule has 0 aliphatic carbocycles. The first-order valence-corrected chi connectivity index (χ1v) is 8.20. The van der Waals surface area contributed by atoms with Gasteiger partial charge in [0.1, 0.15) is 5.02 Å². The zero-order chi connectivity index (χ0) is 14.6. The molecule has 104 valence electrons. The van der Waals surface area contributed by atoms with E-state index in [1.807, 2.05) is 0 Å². The highest BCUT2D eigenvalue weighted by Gasteiger charge is 2.29. The van der Waals surface area contributed by atoms with Gasteiger partial charge in [0.25, 0.3) is 0 Å². The molecule has 0 saturated heterocycles. The van der Waals surface area contributed by atoms with Crippen LogP contribution >= 0.6 is 78.3 Å². The van der Waals surface area contributed by atoms with Crippen LogP contribution in [0, 0.1) is 0 Å². The Balaban J connectivity index is 2.23. The van der Waals surface area contributed by atoms with Crippen LogP contribution in [0.2, 0.25) is 20.1 Å². The molecule has 20 heavy (non-hydrogen) atoms. The number of halogens is 6. The molecule has 0 aromatic heterocycles. The van der Waals surface area contributed by atoms with E-state index in [0.29, 0.717) is 52.0 Å². The molecule has 0 spiro atoms. The van der Waals surface area contributed by atoms with Crippen LogP contribution < -0.4 is 9.47 Å². The fourth-order valence-corrected chi connectivity index (χ4v) is 3.52. The molecular weight excluding hydrogens is 478 g/mol. The predicted octanol–water partition coefficient (Wildman–Crippen LogP) is 7.72. The van der Waals surface area contributed by atoms with Crippen LogP contribution in [0.4, 0.5) is 0 Å². The Bertz CT molecular complexity index is 687. The van der Waals surface area contributed by atoms with Crippen molar-refractivity contribution in [2.75, 3.05) is 0 Å². The minimum absolute atomic E-state index is 0.310. The summed E-state index contributed by atoms with van der Waals surface area (Å²) in [4.78, 5) is 0. The fraction of sp³-hybridized carbons (Fsp3) is 0. The van der Waals surface area contributed by atoms with Crippen LogP contribution in [0.15, 0.2) is 21.1 Å². The smallest absolute Gasteiger partial charge is 0.191 e. The minimum atomic E-state index is 0.310. The van der Waals surface area contributed by atoms with E-state index in [1.54, 1.807) is 12.1 Å². The molecule has 0 radical (unpaired) electrons. The van der Waals surface area contributed by atoms with Crippen LogP contribution in [0.3, 0.4) is 0 Å². The summed E-state index contributed by atoms with van der Waals surface area (Å²) >= 11 is 30.9. The van der Waals surface area contributed by atoms with Gasteiger partial charge in [-0.05, 0) is 31.9 Å². The number of benzene rings is 2. The molecule has 0 fully saturated rings. The third kappa shape index (κ3) is 2.31. The van der Waals surface area contributed by atoms with E-state index in [9.17, 15) is 0 Å². The number of hydrogen-bond donors (Lipinski definition) is 0. The van der Waals surface area contributed by atoms with Crippen molar-refractivity contribution in [3.63, 3.8) is 0 Å². The highest BCUT2D eigenvalue weighted by atomic mass is 79.9. The maximum absolute atomic E-state index is 6.21. The van der Waals surface area contributed by atoms with Gasteiger partial charge in [0.2, 0.25) is 0 Å². The van der Waals surface area contributed by atoms with Gasteiger partial charge in [-0.3, -0.25) is 0 Å². The molecule has 1 heterocycles.